The summed E-state index contributed by atoms with van der Waals surface area (Å²) in [5, 5.41) is 4.75. The minimum atomic E-state index is 0.207. The Kier molecular flexibility index (Phi) is 4.71. The third-order valence-corrected chi connectivity index (χ3v) is 3.67. The maximum Gasteiger partial charge on any atom is 0.120 e. The lowest BCUT2D eigenvalue weighted by Crippen LogP contribution is -2.12. The summed E-state index contributed by atoms with van der Waals surface area (Å²) in [5.74, 6) is 0.957. The Morgan fingerprint density at radius 3 is 2.60 bits per heavy atom. The number of hydrogen-bond acceptors (Lipinski definition) is 2. The van der Waals surface area contributed by atoms with Gasteiger partial charge in [0.2, 0.25) is 0 Å². The molecule has 1 heterocycles. The Morgan fingerprint density at radius 1 is 1.25 bits per heavy atom. The van der Waals surface area contributed by atoms with E-state index in [1.165, 1.54) is 22.2 Å². The van der Waals surface area contributed by atoms with Crippen LogP contribution in [0.4, 0.5) is 0 Å². The van der Waals surface area contributed by atoms with Gasteiger partial charge in [-0.25, -0.2) is 0 Å². The summed E-state index contributed by atoms with van der Waals surface area (Å²) in [6.45, 7) is 13.6. The normalized spacial score (nSPS) is 11.5. The topological polar surface area (TPSA) is 26.2 Å². The molecule has 1 N–H and O–H groups in total. The molecule has 1 aromatic heterocycles. The van der Waals surface area contributed by atoms with Crippen molar-refractivity contribution >= 4 is 10.9 Å². The van der Waals surface area contributed by atoms with Crippen molar-refractivity contribution in [2.75, 3.05) is 6.54 Å². The summed E-state index contributed by atoms with van der Waals surface area (Å²) in [6.07, 6.45) is 0.207. The Hall–Kier alpha value is -1.48. The van der Waals surface area contributed by atoms with Crippen molar-refractivity contribution in [3.8, 4) is 5.75 Å². The largest absolute Gasteiger partial charge is 0.491 e. The zero-order valence-corrected chi connectivity index (χ0v) is 13.3. The molecule has 0 atom stereocenters. The predicted molar refractivity (Wildman–Crippen MR) is 85.5 cm³/mol. The van der Waals surface area contributed by atoms with Crippen LogP contribution in [0.15, 0.2) is 18.2 Å². The highest BCUT2D eigenvalue weighted by Crippen LogP contribution is 2.29. The van der Waals surface area contributed by atoms with Gasteiger partial charge in [-0.2, -0.15) is 0 Å². The second-order valence-electron chi connectivity index (χ2n) is 5.43. The van der Waals surface area contributed by atoms with Crippen LogP contribution >= 0.6 is 0 Å². The van der Waals surface area contributed by atoms with Gasteiger partial charge in [0.25, 0.3) is 0 Å². The third-order valence-electron chi connectivity index (χ3n) is 3.67. The fraction of sp³-hybridized carbons (Fsp3) is 0.529. The molecule has 0 aliphatic carbocycles. The van der Waals surface area contributed by atoms with E-state index < -0.39 is 0 Å². The zero-order chi connectivity index (χ0) is 14.7. The first kappa shape index (κ1) is 14.9. The van der Waals surface area contributed by atoms with Crippen LogP contribution in [-0.4, -0.2) is 17.2 Å². The molecular weight excluding hydrogens is 248 g/mol. The first-order valence-electron chi connectivity index (χ1n) is 7.57. The Labute approximate surface area is 121 Å². The van der Waals surface area contributed by atoms with Crippen molar-refractivity contribution in [2.45, 2.75) is 53.8 Å². The molecule has 0 fully saturated rings. The standard InChI is InChI=1S/C17H26N2O/c1-6-18-11-16-13(5)19(7-2)17-9-8-14(10-15(16)17)20-12(3)4/h8-10,12,18H,6-7,11H2,1-5H3. The molecule has 3 nitrogen and oxygen atoms in total. The van der Waals surface area contributed by atoms with Gasteiger partial charge in [-0.3, -0.25) is 0 Å². The zero-order valence-electron chi connectivity index (χ0n) is 13.3. The van der Waals surface area contributed by atoms with Crippen LogP contribution in [0.25, 0.3) is 10.9 Å². The lowest BCUT2D eigenvalue weighted by atomic mass is 10.1. The molecule has 0 bridgehead atoms. The first-order valence-corrected chi connectivity index (χ1v) is 7.57. The van der Waals surface area contributed by atoms with E-state index in [1.807, 2.05) is 0 Å². The van der Waals surface area contributed by atoms with Gasteiger partial charge in [-0.15, -0.1) is 0 Å². The van der Waals surface area contributed by atoms with Crippen LogP contribution in [-0.2, 0) is 13.1 Å². The van der Waals surface area contributed by atoms with Crippen molar-refractivity contribution in [1.82, 2.24) is 9.88 Å². The van der Waals surface area contributed by atoms with Gasteiger partial charge < -0.3 is 14.6 Å². The second kappa shape index (κ2) is 6.31. The number of nitrogens with one attached hydrogen (secondary N) is 1. The summed E-state index contributed by atoms with van der Waals surface area (Å²) in [7, 11) is 0. The molecule has 0 aliphatic rings. The van der Waals surface area contributed by atoms with Gasteiger partial charge >= 0.3 is 0 Å². The quantitative estimate of drug-likeness (QED) is 0.865. The number of aromatic nitrogens is 1. The highest BCUT2D eigenvalue weighted by Gasteiger charge is 2.13. The fourth-order valence-corrected chi connectivity index (χ4v) is 2.76. The molecule has 0 spiro atoms. The number of rotatable bonds is 6. The fourth-order valence-electron chi connectivity index (χ4n) is 2.76. The molecule has 0 saturated heterocycles. The molecule has 1 aromatic carbocycles. The summed E-state index contributed by atoms with van der Waals surface area (Å²) >= 11 is 0. The van der Waals surface area contributed by atoms with E-state index in [1.54, 1.807) is 0 Å². The van der Waals surface area contributed by atoms with Gasteiger partial charge in [0.05, 0.1) is 6.10 Å². The number of fused-ring (bicyclic) bond motifs is 1. The van der Waals surface area contributed by atoms with Crippen LogP contribution in [0.5, 0.6) is 5.75 Å². The third kappa shape index (κ3) is 2.83. The van der Waals surface area contributed by atoms with Crippen molar-refractivity contribution < 1.29 is 4.74 Å². The van der Waals surface area contributed by atoms with Crippen LogP contribution in [0.1, 0.15) is 39.0 Å². The molecule has 0 amide bonds. The van der Waals surface area contributed by atoms with Crippen molar-refractivity contribution in [1.29, 1.82) is 0 Å². The number of benzene rings is 1. The van der Waals surface area contributed by atoms with Gasteiger partial charge in [0.1, 0.15) is 5.75 Å². The van der Waals surface area contributed by atoms with E-state index in [2.05, 4.69) is 62.7 Å². The Balaban J connectivity index is 2.52. The average Bonchev–Trinajstić information content (AvgIpc) is 2.67. The molecule has 0 aliphatic heterocycles. The SMILES string of the molecule is CCNCc1c(C)n(CC)c2ccc(OC(C)C)cc12. The predicted octanol–water partition coefficient (Wildman–Crippen LogP) is 3.87. The molecule has 2 rings (SSSR count). The van der Waals surface area contributed by atoms with Crippen molar-refractivity contribution in [3.05, 3.63) is 29.5 Å². The molecule has 110 valence electrons. The molecule has 0 saturated carbocycles. The lowest BCUT2D eigenvalue weighted by Gasteiger charge is -2.10. The van der Waals surface area contributed by atoms with Gasteiger partial charge in [0.15, 0.2) is 0 Å². The van der Waals surface area contributed by atoms with Crippen molar-refractivity contribution in [2.24, 2.45) is 0 Å². The van der Waals surface area contributed by atoms with E-state index in [0.29, 0.717) is 0 Å². The highest BCUT2D eigenvalue weighted by atomic mass is 16.5. The first-order chi connectivity index (χ1) is 9.58. The van der Waals surface area contributed by atoms with Crippen LogP contribution in [0.2, 0.25) is 0 Å². The maximum absolute atomic E-state index is 5.83. The van der Waals surface area contributed by atoms with E-state index in [4.69, 9.17) is 4.74 Å². The summed E-state index contributed by atoms with van der Waals surface area (Å²) < 4.78 is 8.21. The smallest absolute Gasteiger partial charge is 0.120 e. The molecule has 2 aromatic rings. The van der Waals surface area contributed by atoms with E-state index in [9.17, 15) is 0 Å². The van der Waals surface area contributed by atoms with Gasteiger partial charge in [-0.05, 0) is 58.0 Å². The molecular formula is C17H26N2O. The molecule has 0 unspecified atom stereocenters. The maximum atomic E-state index is 5.83. The molecule has 20 heavy (non-hydrogen) atoms. The van der Waals surface area contributed by atoms with E-state index >= 15 is 0 Å². The Bertz CT molecular complexity index is 584. The molecule has 0 radical (unpaired) electrons. The summed E-state index contributed by atoms with van der Waals surface area (Å²) in [5.41, 5.74) is 4.04. The number of nitrogens with zero attached hydrogens (tertiary/aromatic N) is 1. The second-order valence-corrected chi connectivity index (χ2v) is 5.43. The van der Waals surface area contributed by atoms with Gasteiger partial charge in [-0.1, -0.05) is 6.92 Å². The van der Waals surface area contributed by atoms with Crippen molar-refractivity contribution in [3.63, 3.8) is 0 Å². The van der Waals surface area contributed by atoms with Gasteiger partial charge in [0, 0.05) is 29.7 Å². The number of aryl methyl sites for hydroxylation is 1. The monoisotopic (exact) mass is 274 g/mol. The Morgan fingerprint density at radius 2 is 2.00 bits per heavy atom. The minimum Gasteiger partial charge on any atom is -0.491 e. The summed E-state index contributed by atoms with van der Waals surface area (Å²) in [4.78, 5) is 0. The van der Waals surface area contributed by atoms with Crippen LogP contribution in [0, 0.1) is 6.92 Å². The highest BCUT2D eigenvalue weighted by molar-refractivity contribution is 5.87. The lowest BCUT2D eigenvalue weighted by molar-refractivity contribution is 0.243. The molecule has 3 heteroatoms. The van der Waals surface area contributed by atoms with Crippen LogP contribution < -0.4 is 10.1 Å². The van der Waals surface area contributed by atoms with Crippen LogP contribution in [0.3, 0.4) is 0 Å². The number of ether oxygens (including phenoxy) is 1. The average molecular weight is 274 g/mol. The van der Waals surface area contributed by atoms with E-state index in [0.717, 1.165) is 25.4 Å². The summed E-state index contributed by atoms with van der Waals surface area (Å²) in [6, 6.07) is 6.44. The number of hydrogen-bond donors (Lipinski definition) is 1. The minimum absolute atomic E-state index is 0.207. The van der Waals surface area contributed by atoms with E-state index in [-0.39, 0.29) is 6.10 Å².